The Morgan fingerprint density at radius 2 is 1.37 bits per heavy atom. The van der Waals surface area contributed by atoms with Crippen molar-refractivity contribution in [3.8, 4) is 0 Å². The van der Waals surface area contributed by atoms with Crippen LogP contribution in [0.25, 0.3) is 0 Å². The number of esters is 1. The Morgan fingerprint density at radius 3 is 1.85 bits per heavy atom. The first-order chi connectivity index (χ1) is 19.4. The van der Waals surface area contributed by atoms with E-state index < -0.39 is 36.1 Å². The largest absolute Gasteiger partial charge is 0.480 e. The summed E-state index contributed by atoms with van der Waals surface area (Å²) in [6.07, 6.45) is 0.964. The molecule has 11 nitrogen and oxygen atoms in total. The van der Waals surface area contributed by atoms with Crippen LogP contribution >= 0.6 is 0 Å². The molecule has 0 saturated carbocycles. The molecule has 0 radical (unpaired) electrons. The van der Waals surface area contributed by atoms with E-state index in [4.69, 9.17) is 21.3 Å². The number of imide groups is 1. The first-order valence-corrected chi connectivity index (χ1v) is 13.6. The van der Waals surface area contributed by atoms with Gasteiger partial charge in [-0.25, -0.2) is 4.79 Å². The fraction of sp³-hybridized carbons (Fsp3) is 0.433. The van der Waals surface area contributed by atoms with Crippen molar-refractivity contribution in [3.63, 3.8) is 0 Å². The lowest BCUT2D eigenvalue weighted by atomic mass is 10.1. The summed E-state index contributed by atoms with van der Waals surface area (Å²) in [6.45, 7) is 4.06. The van der Waals surface area contributed by atoms with Crippen LogP contribution in [-0.4, -0.2) is 69.6 Å². The lowest BCUT2D eigenvalue weighted by Crippen LogP contribution is -2.38. The van der Waals surface area contributed by atoms with E-state index in [-0.39, 0.29) is 24.8 Å². The second-order valence-electron chi connectivity index (χ2n) is 10.3. The first kappa shape index (κ1) is 33.1. The number of carboxylic acid groups (broad SMARTS) is 2. The molecule has 0 saturated heterocycles. The molecule has 0 aliphatic carbocycles. The molecule has 41 heavy (non-hydrogen) atoms. The number of aliphatic carboxylic acids is 2. The van der Waals surface area contributed by atoms with Crippen LogP contribution in [0.3, 0.4) is 0 Å². The summed E-state index contributed by atoms with van der Waals surface area (Å²) in [5.74, 6) is -3.27. The molecule has 1 aliphatic heterocycles. The van der Waals surface area contributed by atoms with Crippen LogP contribution in [0, 0.1) is 5.92 Å². The average molecular weight is 570 g/mol. The van der Waals surface area contributed by atoms with E-state index in [9.17, 15) is 29.1 Å². The molecule has 6 N–H and O–H groups in total. The molecule has 222 valence electrons. The SMILES string of the molecule is CC(C)CC(N)C(=O)O.N[C@@H](CCc1ccccc1)C(=O)O[C@H](CCCCN1C(=O)c2ccccc2C1=O)C(=O)O. The molecule has 0 bridgehead atoms. The molecular weight excluding hydrogens is 530 g/mol. The number of nitrogens with two attached hydrogens (primary N) is 2. The molecule has 1 aliphatic rings. The number of hydrogen-bond acceptors (Lipinski definition) is 8. The van der Waals surface area contributed by atoms with Gasteiger partial charge in [-0.1, -0.05) is 56.3 Å². The Kier molecular flexibility index (Phi) is 13.1. The first-order valence-electron chi connectivity index (χ1n) is 13.6. The van der Waals surface area contributed by atoms with Gasteiger partial charge in [0.25, 0.3) is 11.8 Å². The highest BCUT2D eigenvalue weighted by atomic mass is 16.6. The van der Waals surface area contributed by atoms with E-state index in [2.05, 4.69) is 0 Å². The molecule has 3 rings (SSSR count). The van der Waals surface area contributed by atoms with Crippen LogP contribution in [-0.2, 0) is 25.5 Å². The maximum Gasteiger partial charge on any atom is 0.345 e. The number of aryl methyl sites for hydroxylation is 1. The number of nitrogens with zero attached hydrogens (tertiary/aromatic N) is 1. The molecule has 0 fully saturated rings. The van der Waals surface area contributed by atoms with E-state index in [0.29, 0.717) is 49.1 Å². The zero-order valence-corrected chi connectivity index (χ0v) is 23.4. The minimum absolute atomic E-state index is 0.0651. The normalized spacial score (nSPS) is 14.5. The van der Waals surface area contributed by atoms with Gasteiger partial charge in [-0.05, 0) is 62.1 Å². The number of rotatable bonds is 14. The zero-order chi connectivity index (χ0) is 30.5. The van der Waals surface area contributed by atoms with Crippen molar-refractivity contribution in [2.75, 3.05) is 6.54 Å². The van der Waals surface area contributed by atoms with Crippen LogP contribution in [0.5, 0.6) is 0 Å². The maximum absolute atomic E-state index is 12.4. The minimum Gasteiger partial charge on any atom is -0.480 e. The van der Waals surface area contributed by atoms with Crippen molar-refractivity contribution in [2.45, 2.75) is 70.6 Å². The number of ether oxygens (including phenoxy) is 1. The van der Waals surface area contributed by atoms with Crippen molar-refractivity contribution in [1.29, 1.82) is 0 Å². The van der Waals surface area contributed by atoms with Crippen molar-refractivity contribution in [3.05, 3.63) is 71.3 Å². The van der Waals surface area contributed by atoms with Gasteiger partial charge in [0, 0.05) is 6.54 Å². The number of carbonyl (C=O) groups excluding carboxylic acids is 3. The number of amides is 2. The van der Waals surface area contributed by atoms with Gasteiger partial charge >= 0.3 is 17.9 Å². The van der Waals surface area contributed by atoms with E-state index in [1.165, 1.54) is 0 Å². The summed E-state index contributed by atoms with van der Waals surface area (Å²) < 4.78 is 5.12. The summed E-state index contributed by atoms with van der Waals surface area (Å²) in [6, 6.07) is 14.5. The van der Waals surface area contributed by atoms with Gasteiger partial charge in [0.15, 0.2) is 6.10 Å². The molecule has 1 heterocycles. The number of carboxylic acids is 2. The Bertz CT molecular complexity index is 1170. The monoisotopic (exact) mass is 569 g/mol. The fourth-order valence-electron chi connectivity index (χ4n) is 4.20. The number of carbonyl (C=O) groups is 5. The van der Waals surface area contributed by atoms with Gasteiger partial charge in [0.1, 0.15) is 12.1 Å². The molecule has 2 amide bonds. The predicted molar refractivity (Wildman–Crippen MR) is 151 cm³/mol. The Hall–Kier alpha value is -4.09. The highest BCUT2D eigenvalue weighted by molar-refractivity contribution is 6.21. The van der Waals surface area contributed by atoms with Gasteiger partial charge in [-0.2, -0.15) is 0 Å². The standard InChI is InChI=1S/C24H26N2O6.C6H13NO2/c25-19(14-13-16-8-2-1-3-9-16)24(31)32-20(23(29)30)12-6-7-15-26-21(27)17-10-4-5-11-18(17)22(26)28;1-4(2)3-5(7)6(8)9/h1-5,8-11,19-20H,6-7,12-15,25H2,(H,29,30);4-5H,3,7H2,1-2H3,(H,8,9)/t19-,20+;/m0./s1. The number of unbranched alkanes of at least 4 members (excludes halogenated alkanes) is 1. The summed E-state index contributed by atoms with van der Waals surface area (Å²) in [5, 5.41) is 17.7. The van der Waals surface area contributed by atoms with Crippen molar-refractivity contribution in [2.24, 2.45) is 17.4 Å². The third-order valence-corrected chi connectivity index (χ3v) is 6.44. The average Bonchev–Trinajstić information content (AvgIpc) is 3.18. The van der Waals surface area contributed by atoms with E-state index in [1.54, 1.807) is 24.3 Å². The Morgan fingerprint density at radius 1 is 0.805 bits per heavy atom. The number of hydrogen-bond donors (Lipinski definition) is 4. The van der Waals surface area contributed by atoms with E-state index in [1.807, 2.05) is 44.2 Å². The lowest BCUT2D eigenvalue weighted by molar-refractivity contribution is -0.165. The van der Waals surface area contributed by atoms with Crippen LogP contribution in [0.4, 0.5) is 0 Å². The molecule has 1 unspecified atom stereocenters. The molecule has 0 spiro atoms. The molecule has 0 aromatic heterocycles. The molecule has 3 atom stereocenters. The summed E-state index contributed by atoms with van der Waals surface area (Å²) >= 11 is 0. The van der Waals surface area contributed by atoms with Gasteiger partial charge in [-0.15, -0.1) is 0 Å². The van der Waals surface area contributed by atoms with Crippen LogP contribution < -0.4 is 11.5 Å². The second kappa shape index (κ2) is 16.2. The quantitative estimate of drug-likeness (QED) is 0.149. The summed E-state index contributed by atoms with van der Waals surface area (Å²) in [7, 11) is 0. The molecule has 2 aromatic rings. The third-order valence-electron chi connectivity index (χ3n) is 6.44. The molecular formula is C30H39N3O8. The van der Waals surface area contributed by atoms with Gasteiger partial charge < -0.3 is 26.4 Å². The maximum atomic E-state index is 12.4. The minimum atomic E-state index is -1.33. The lowest BCUT2D eigenvalue weighted by Gasteiger charge is -2.18. The smallest absolute Gasteiger partial charge is 0.345 e. The Labute approximate surface area is 239 Å². The van der Waals surface area contributed by atoms with Gasteiger partial charge in [-0.3, -0.25) is 24.1 Å². The molecule has 2 aromatic carbocycles. The number of benzene rings is 2. The zero-order valence-electron chi connectivity index (χ0n) is 23.4. The topological polar surface area (TPSA) is 190 Å². The van der Waals surface area contributed by atoms with Gasteiger partial charge in [0.2, 0.25) is 0 Å². The summed E-state index contributed by atoms with van der Waals surface area (Å²) in [4.78, 5) is 59.7. The second-order valence-corrected chi connectivity index (χ2v) is 10.3. The highest BCUT2D eigenvalue weighted by Crippen LogP contribution is 2.23. The van der Waals surface area contributed by atoms with Crippen molar-refractivity contribution >= 4 is 29.7 Å². The van der Waals surface area contributed by atoms with E-state index in [0.717, 1.165) is 10.5 Å². The predicted octanol–water partition coefficient (Wildman–Crippen LogP) is 2.85. The van der Waals surface area contributed by atoms with Crippen LogP contribution in [0.1, 0.15) is 72.2 Å². The van der Waals surface area contributed by atoms with Crippen molar-refractivity contribution < 1.29 is 38.9 Å². The van der Waals surface area contributed by atoms with Crippen LogP contribution in [0.15, 0.2) is 54.6 Å². The molecule has 11 heteroatoms. The van der Waals surface area contributed by atoms with E-state index >= 15 is 0 Å². The van der Waals surface area contributed by atoms with Crippen LogP contribution in [0.2, 0.25) is 0 Å². The van der Waals surface area contributed by atoms with Crippen molar-refractivity contribution in [1.82, 2.24) is 4.90 Å². The summed E-state index contributed by atoms with van der Waals surface area (Å²) in [5.41, 5.74) is 12.9. The fourth-order valence-corrected chi connectivity index (χ4v) is 4.20. The third kappa shape index (κ3) is 10.4. The Balaban J connectivity index is 0.000000564. The highest BCUT2D eigenvalue weighted by Gasteiger charge is 2.34. The number of fused-ring (bicyclic) bond motifs is 1. The van der Waals surface area contributed by atoms with Gasteiger partial charge in [0.05, 0.1) is 11.1 Å².